The van der Waals surface area contributed by atoms with E-state index in [2.05, 4.69) is 9.97 Å². The summed E-state index contributed by atoms with van der Waals surface area (Å²) in [6.45, 7) is 0.621. The van der Waals surface area contributed by atoms with Gasteiger partial charge in [-0.15, -0.1) is 0 Å². The molecule has 2 N–H and O–H groups in total. The smallest absolute Gasteiger partial charge is 0.305 e. The molecule has 0 radical (unpaired) electrons. The van der Waals surface area contributed by atoms with Crippen molar-refractivity contribution in [2.75, 3.05) is 6.54 Å². The van der Waals surface area contributed by atoms with Crippen molar-refractivity contribution in [1.82, 2.24) is 14.9 Å². The van der Waals surface area contributed by atoms with Crippen LogP contribution in [0.1, 0.15) is 29.8 Å². The average molecular weight is 223 g/mol. The van der Waals surface area contributed by atoms with Crippen LogP contribution in [0.15, 0.2) is 12.5 Å². The van der Waals surface area contributed by atoms with E-state index in [0.29, 0.717) is 12.2 Å². The summed E-state index contributed by atoms with van der Waals surface area (Å²) in [5, 5.41) is 8.75. The summed E-state index contributed by atoms with van der Waals surface area (Å²) in [5.41, 5.74) is 0.414. The highest BCUT2D eigenvalue weighted by atomic mass is 16.4. The number of hydrogen-bond acceptors (Lipinski definition) is 3. The molecule has 1 unspecified atom stereocenters. The SMILES string of the molecule is O=C(O)CC1CCCN1C(=O)c1cnc[nH]1. The molecule has 0 saturated carbocycles. The van der Waals surface area contributed by atoms with Crippen LogP contribution in [0, 0.1) is 0 Å². The van der Waals surface area contributed by atoms with E-state index in [0.717, 1.165) is 12.8 Å². The monoisotopic (exact) mass is 223 g/mol. The predicted octanol–water partition coefficient (Wildman–Crippen LogP) is 0.489. The second kappa shape index (κ2) is 4.34. The maximum atomic E-state index is 12.0. The Morgan fingerprint density at radius 2 is 2.44 bits per heavy atom. The van der Waals surface area contributed by atoms with E-state index in [9.17, 15) is 9.59 Å². The number of carbonyl (C=O) groups is 2. The van der Waals surface area contributed by atoms with Crippen molar-refractivity contribution in [1.29, 1.82) is 0 Å². The van der Waals surface area contributed by atoms with E-state index >= 15 is 0 Å². The summed E-state index contributed by atoms with van der Waals surface area (Å²) >= 11 is 0. The Morgan fingerprint density at radius 1 is 1.62 bits per heavy atom. The van der Waals surface area contributed by atoms with Crippen LogP contribution in [0.2, 0.25) is 0 Å². The van der Waals surface area contributed by atoms with Crippen LogP contribution in [-0.2, 0) is 4.79 Å². The predicted molar refractivity (Wildman–Crippen MR) is 54.9 cm³/mol. The molecule has 1 atom stereocenters. The third-order valence-electron chi connectivity index (χ3n) is 2.78. The molecule has 0 spiro atoms. The Kier molecular flexibility index (Phi) is 2.89. The van der Waals surface area contributed by atoms with E-state index in [-0.39, 0.29) is 18.4 Å². The Morgan fingerprint density at radius 3 is 3.06 bits per heavy atom. The minimum atomic E-state index is -0.866. The summed E-state index contributed by atoms with van der Waals surface area (Å²) in [6.07, 6.45) is 4.53. The van der Waals surface area contributed by atoms with Crippen molar-refractivity contribution in [2.45, 2.75) is 25.3 Å². The zero-order chi connectivity index (χ0) is 11.5. The molecule has 0 aromatic carbocycles. The fraction of sp³-hybridized carbons (Fsp3) is 0.500. The molecule has 1 saturated heterocycles. The van der Waals surface area contributed by atoms with Gasteiger partial charge in [0.25, 0.3) is 5.91 Å². The molecule has 1 fully saturated rings. The van der Waals surface area contributed by atoms with Gasteiger partial charge in [-0.3, -0.25) is 9.59 Å². The van der Waals surface area contributed by atoms with Gasteiger partial charge in [-0.25, -0.2) is 4.98 Å². The number of imidazole rings is 1. The van der Waals surface area contributed by atoms with Crippen LogP contribution in [-0.4, -0.2) is 44.4 Å². The first kappa shape index (κ1) is 10.7. The van der Waals surface area contributed by atoms with Crippen LogP contribution in [0.4, 0.5) is 0 Å². The number of nitrogens with one attached hydrogen (secondary N) is 1. The standard InChI is InChI=1S/C10H13N3O3/c14-9(15)4-7-2-1-3-13(7)10(16)8-5-11-6-12-8/h5-7H,1-4H2,(H,11,12)(H,14,15). The fourth-order valence-corrected chi connectivity index (χ4v) is 2.04. The van der Waals surface area contributed by atoms with Gasteiger partial charge in [0.1, 0.15) is 5.69 Å². The second-order valence-corrected chi connectivity index (χ2v) is 3.86. The highest BCUT2D eigenvalue weighted by Gasteiger charge is 2.31. The number of amides is 1. The summed E-state index contributed by atoms with van der Waals surface area (Å²) < 4.78 is 0. The molecule has 2 rings (SSSR count). The molecular formula is C10H13N3O3. The lowest BCUT2D eigenvalue weighted by Gasteiger charge is -2.22. The summed E-state index contributed by atoms with van der Waals surface area (Å²) in [5.74, 6) is -1.03. The third kappa shape index (κ3) is 2.05. The lowest BCUT2D eigenvalue weighted by Crippen LogP contribution is -2.37. The Bertz CT molecular complexity index is 388. The Hall–Kier alpha value is -1.85. The van der Waals surface area contributed by atoms with E-state index in [4.69, 9.17) is 5.11 Å². The van der Waals surface area contributed by atoms with E-state index in [1.807, 2.05) is 0 Å². The van der Waals surface area contributed by atoms with Crippen LogP contribution in [0.5, 0.6) is 0 Å². The van der Waals surface area contributed by atoms with Gasteiger partial charge in [0.2, 0.25) is 0 Å². The van der Waals surface area contributed by atoms with Crippen molar-refractivity contribution >= 4 is 11.9 Å². The lowest BCUT2D eigenvalue weighted by atomic mass is 10.1. The minimum Gasteiger partial charge on any atom is -0.481 e. The molecule has 1 aliphatic heterocycles. The number of hydrogen-bond donors (Lipinski definition) is 2. The first-order valence-electron chi connectivity index (χ1n) is 5.19. The lowest BCUT2D eigenvalue weighted by molar-refractivity contribution is -0.137. The van der Waals surface area contributed by atoms with Crippen LogP contribution >= 0.6 is 0 Å². The molecule has 1 aromatic rings. The van der Waals surface area contributed by atoms with Gasteiger partial charge in [0.15, 0.2) is 0 Å². The number of rotatable bonds is 3. The number of carboxylic acids is 1. The van der Waals surface area contributed by atoms with Gasteiger partial charge in [-0.05, 0) is 12.8 Å². The van der Waals surface area contributed by atoms with E-state index in [1.165, 1.54) is 12.5 Å². The molecule has 6 nitrogen and oxygen atoms in total. The van der Waals surface area contributed by atoms with Gasteiger partial charge in [-0.2, -0.15) is 0 Å². The van der Waals surface area contributed by atoms with Crippen LogP contribution < -0.4 is 0 Å². The maximum absolute atomic E-state index is 12.0. The number of carboxylic acid groups (broad SMARTS) is 1. The first-order chi connectivity index (χ1) is 7.68. The number of carbonyl (C=O) groups excluding carboxylic acids is 1. The van der Waals surface area contributed by atoms with Crippen LogP contribution in [0.25, 0.3) is 0 Å². The van der Waals surface area contributed by atoms with Gasteiger partial charge < -0.3 is 15.0 Å². The number of aromatic nitrogens is 2. The quantitative estimate of drug-likeness (QED) is 0.780. The Labute approximate surface area is 92.3 Å². The number of aromatic amines is 1. The average Bonchev–Trinajstić information content (AvgIpc) is 2.84. The van der Waals surface area contributed by atoms with Crippen molar-refractivity contribution in [2.24, 2.45) is 0 Å². The summed E-state index contributed by atoms with van der Waals surface area (Å²) in [6, 6.07) is -0.187. The molecule has 1 aromatic heterocycles. The van der Waals surface area contributed by atoms with Crippen molar-refractivity contribution < 1.29 is 14.7 Å². The van der Waals surface area contributed by atoms with Crippen molar-refractivity contribution in [3.8, 4) is 0 Å². The van der Waals surface area contributed by atoms with E-state index < -0.39 is 5.97 Å². The molecule has 0 aliphatic carbocycles. The molecule has 6 heteroatoms. The second-order valence-electron chi connectivity index (χ2n) is 3.86. The molecule has 1 amide bonds. The number of likely N-dealkylation sites (tertiary alicyclic amines) is 1. The summed E-state index contributed by atoms with van der Waals surface area (Å²) in [7, 11) is 0. The normalized spacial score (nSPS) is 20.0. The topological polar surface area (TPSA) is 86.3 Å². The van der Waals surface area contributed by atoms with Gasteiger partial charge in [-0.1, -0.05) is 0 Å². The van der Waals surface area contributed by atoms with Crippen LogP contribution in [0.3, 0.4) is 0 Å². The molecule has 2 heterocycles. The summed E-state index contributed by atoms with van der Waals surface area (Å²) in [4.78, 5) is 30.7. The molecule has 1 aliphatic rings. The van der Waals surface area contributed by atoms with Gasteiger partial charge in [0, 0.05) is 12.6 Å². The zero-order valence-electron chi connectivity index (χ0n) is 8.72. The van der Waals surface area contributed by atoms with Gasteiger partial charge >= 0.3 is 5.97 Å². The minimum absolute atomic E-state index is 0.0138. The maximum Gasteiger partial charge on any atom is 0.305 e. The van der Waals surface area contributed by atoms with E-state index in [1.54, 1.807) is 4.90 Å². The van der Waals surface area contributed by atoms with Crippen molar-refractivity contribution in [3.63, 3.8) is 0 Å². The number of aliphatic carboxylic acids is 1. The number of nitrogens with zero attached hydrogens (tertiary/aromatic N) is 2. The number of H-pyrrole nitrogens is 1. The molecule has 86 valence electrons. The third-order valence-corrected chi connectivity index (χ3v) is 2.78. The highest BCUT2D eigenvalue weighted by Crippen LogP contribution is 2.21. The molecular weight excluding hydrogens is 210 g/mol. The zero-order valence-corrected chi connectivity index (χ0v) is 8.72. The Balaban J connectivity index is 2.08. The first-order valence-corrected chi connectivity index (χ1v) is 5.19. The van der Waals surface area contributed by atoms with Crippen molar-refractivity contribution in [3.05, 3.63) is 18.2 Å². The molecule has 0 bridgehead atoms. The largest absolute Gasteiger partial charge is 0.481 e. The highest BCUT2D eigenvalue weighted by molar-refractivity contribution is 5.92. The van der Waals surface area contributed by atoms with Gasteiger partial charge in [0.05, 0.1) is 18.9 Å². The fourth-order valence-electron chi connectivity index (χ4n) is 2.04. The molecule has 16 heavy (non-hydrogen) atoms.